The summed E-state index contributed by atoms with van der Waals surface area (Å²) < 4.78 is 1.82. The van der Waals surface area contributed by atoms with Crippen molar-refractivity contribution in [1.82, 2.24) is 29.7 Å². The molecule has 7 heteroatoms. The Bertz CT molecular complexity index is 1070. The van der Waals surface area contributed by atoms with Crippen LogP contribution in [0.5, 0.6) is 0 Å². The van der Waals surface area contributed by atoms with Gasteiger partial charge in [0.1, 0.15) is 11.3 Å². The first-order chi connectivity index (χ1) is 13.1. The van der Waals surface area contributed by atoms with Crippen LogP contribution in [0.4, 0.5) is 0 Å². The molecule has 134 valence electrons. The highest BCUT2D eigenvalue weighted by Gasteiger charge is 2.17. The monoisotopic (exact) mass is 358 g/mol. The van der Waals surface area contributed by atoms with Crippen LogP contribution in [0.1, 0.15) is 34.7 Å². The molecular formula is C20H18N6O. The maximum absolute atomic E-state index is 12.6. The van der Waals surface area contributed by atoms with Gasteiger partial charge in [0, 0.05) is 47.8 Å². The third-order valence-corrected chi connectivity index (χ3v) is 4.37. The van der Waals surface area contributed by atoms with E-state index in [9.17, 15) is 4.79 Å². The smallest absolute Gasteiger partial charge is 0.271 e. The van der Waals surface area contributed by atoms with Gasteiger partial charge in [-0.3, -0.25) is 9.78 Å². The Morgan fingerprint density at radius 3 is 2.70 bits per heavy atom. The summed E-state index contributed by atoms with van der Waals surface area (Å²) in [6.07, 6.45) is 8.75. The topological polar surface area (TPSA) is 85.1 Å². The van der Waals surface area contributed by atoms with Gasteiger partial charge in [0.05, 0.1) is 6.04 Å². The van der Waals surface area contributed by atoms with Gasteiger partial charge in [-0.15, -0.1) is 0 Å². The summed E-state index contributed by atoms with van der Waals surface area (Å²) in [7, 11) is 0. The van der Waals surface area contributed by atoms with E-state index >= 15 is 0 Å². The Balaban J connectivity index is 1.54. The predicted molar refractivity (Wildman–Crippen MR) is 101 cm³/mol. The van der Waals surface area contributed by atoms with E-state index in [-0.39, 0.29) is 11.9 Å². The van der Waals surface area contributed by atoms with Crippen molar-refractivity contribution in [3.63, 3.8) is 0 Å². The average molecular weight is 358 g/mol. The fourth-order valence-electron chi connectivity index (χ4n) is 2.93. The first-order valence-corrected chi connectivity index (χ1v) is 8.60. The lowest BCUT2D eigenvalue weighted by molar-refractivity contribution is 0.0935. The molecule has 0 saturated heterocycles. The number of fused-ring (bicyclic) bond motifs is 1. The number of carbonyl (C=O) groups excluding carboxylic acids is 1. The molecule has 1 N–H and O–H groups in total. The fourth-order valence-corrected chi connectivity index (χ4v) is 2.93. The van der Waals surface area contributed by atoms with E-state index < -0.39 is 0 Å². The molecule has 0 spiro atoms. The van der Waals surface area contributed by atoms with E-state index in [1.807, 2.05) is 54.8 Å². The molecular weight excluding hydrogens is 340 g/mol. The summed E-state index contributed by atoms with van der Waals surface area (Å²) in [5, 5.41) is 2.97. The molecule has 4 heterocycles. The fraction of sp³-hybridized carbons (Fsp3) is 0.150. The van der Waals surface area contributed by atoms with E-state index in [0.717, 1.165) is 22.5 Å². The Morgan fingerprint density at radius 1 is 1.15 bits per heavy atom. The molecule has 0 fully saturated rings. The Kier molecular flexibility index (Phi) is 4.33. The van der Waals surface area contributed by atoms with Gasteiger partial charge in [-0.05, 0) is 38.1 Å². The summed E-state index contributed by atoms with van der Waals surface area (Å²) in [6.45, 7) is 3.82. The molecule has 4 aromatic rings. The van der Waals surface area contributed by atoms with Crippen LogP contribution in [0, 0.1) is 6.92 Å². The third-order valence-electron chi connectivity index (χ3n) is 4.37. The minimum atomic E-state index is -0.242. The SMILES string of the molecule is Cc1nc(-c2ccncc2)ncc1C(C)NC(=O)c1cn2ccccc2n1. The second-order valence-corrected chi connectivity index (χ2v) is 6.26. The maximum atomic E-state index is 12.6. The first-order valence-electron chi connectivity index (χ1n) is 8.60. The van der Waals surface area contributed by atoms with Crippen molar-refractivity contribution in [2.24, 2.45) is 0 Å². The molecule has 0 aliphatic rings. The van der Waals surface area contributed by atoms with Crippen LogP contribution in [-0.4, -0.2) is 30.2 Å². The zero-order valence-electron chi connectivity index (χ0n) is 15.0. The molecule has 7 nitrogen and oxygen atoms in total. The average Bonchev–Trinajstić information content (AvgIpc) is 3.13. The predicted octanol–water partition coefficient (Wildman–Crippen LogP) is 2.99. The van der Waals surface area contributed by atoms with Gasteiger partial charge < -0.3 is 9.72 Å². The Morgan fingerprint density at radius 2 is 1.96 bits per heavy atom. The number of amides is 1. The summed E-state index contributed by atoms with van der Waals surface area (Å²) in [6, 6.07) is 9.12. The maximum Gasteiger partial charge on any atom is 0.271 e. The second-order valence-electron chi connectivity index (χ2n) is 6.26. The number of imidazole rings is 1. The summed E-state index contributed by atoms with van der Waals surface area (Å²) in [5.41, 5.74) is 3.70. The molecule has 27 heavy (non-hydrogen) atoms. The van der Waals surface area contributed by atoms with Crippen molar-refractivity contribution in [2.75, 3.05) is 0 Å². The molecule has 0 aromatic carbocycles. The number of hydrogen-bond acceptors (Lipinski definition) is 5. The second kappa shape index (κ2) is 6.95. The lowest BCUT2D eigenvalue weighted by atomic mass is 10.1. The van der Waals surface area contributed by atoms with Crippen molar-refractivity contribution in [1.29, 1.82) is 0 Å². The standard InChI is InChI=1S/C20H18N6O/c1-13-16(11-22-19(23-13)15-6-8-21-9-7-15)14(2)24-20(27)17-12-26-10-4-3-5-18(26)25-17/h3-12,14H,1-2H3,(H,24,27). The molecule has 4 rings (SSSR count). The molecule has 1 unspecified atom stereocenters. The number of pyridine rings is 2. The van der Waals surface area contributed by atoms with E-state index in [0.29, 0.717) is 11.5 Å². The molecule has 0 saturated carbocycles. The molecule has 0 aliphatic carbocycles. The highest BCUT2D eigenvalue weighted by Crippen LogP contribution is 2.20. The third kappa shape index (κ3) is 3.39. The van der Waals surface area contributed by atoms with Gasteiger partial charge in [-0.25, -0.2) is 15.0 Å². The molecule has 1 atom stereocenters. The van der Waals surface area contributed by atoms with Gasteiger partial charge in [0.15, 0.2) is 5.82 Å². The summed E-state index contributed by atoms with van der Waals surface area (Å²) in [5.74, 6) is 0.404. The molecule has 0 radical (unpaired) electrons. The highest BCUT2D eigenvalue weighted by atomic mass is 16.2. The van der Waals surface area contributed by atoms with Crippen LogP contribution >= 0.6 is 0 Å². The van der Waals surface area contributed by atoms with Gasteiger partial charge in [0.25, 0.3) is 5.91 Å². The summed E-state index contributed by atoms with van der Waals surface area (Å²) in [4.78, 5) is 29.9. The summed E-state index contributed by atoms with van der Waals surface area (Å²) >= 11 is 0. The van der Waals surface area contributed by atoms with E-state index in [1.54, 1.807) is 24.8 Å². The highest BCUT2D eigenvalue weighted by molar-refractivity contribution is 5.93. The number of rotatable bonds is 4. The zero-order valence-corrected chi connectivity index (χ0v) is 15.0. The van der Waals surface area contributed by atoms with E-state index in [1.165, 1.54) is 0 Å². The van der Waals surface area contributed by atoms with Gasteiger partial charge in [-0.1, -0.05) is 6.07 Å². The van der Waals surface area contributed by atoms with Crippen molar-refractivity contribution >= 4 is 11.6 Å². The quantitative estimate of drug-likeness (QED) is 0.606. The lowest BCUT2D eigenvalue weighted by Gasteiger charge is -2.15. The normalized spacial score (nSPS) is 12.1. The first kappa shape index (κ1) is 16.8. The van der Waals surface area contributed by atoms with Crippen LogP contribution in [0.2, 0.25) is 0 Å². The van der Waals surface area contributed by atoms with Gasteiger partial charge in [0.2, 0.25) is 0 Å². The Hall–Kier alpha value is -3.61. The number of nitrogens with one attached hydrogen (secondary N) is 1. The number of aryl methyl sites for hydroxylation is 1. The molecule has 1 amide bonds. The molecule has 0 aliphatic heterocycles. The van der Waals surface area contributed by atoms with E-state index in [4.69, 9.17) is 0 Å². The zero-order chi connectivity index (χ0) is 18.8. The largest absolute Gasteiger partial charge is 0.344 e. The number of nitrogens with zero attached hydrogens (tertiary/aromatic N) is 5. The minimum Gasteiger partial charge on any atom is -0.344 e. The number of aromatic nitrogens is 5. The Labute approximate surface area is 156 Å². The van der Waals surface area contributed by atoms with Crippen molar-refractivity contribution in [3.05, 3.63) is 78.3 Å². The number of carbonyl (C=O) groups is 1. The van der Waals surface area contributed by atoms with Crippen molar-refractivity contribution in [3.8, 4) is 11.4 Å². The lowest BCUT2D eigenvalue weighted by Crippen LogP contribution is -2.27. The van der Waals surface area contributed by atoms with Crippen molar-refractivity contribution < 1.29 is 4.79 Å². The van der Waals surface area contributed by atoms with Crippen LogP contribution in [0.25, 0.3) is 17.0 Å². The van der Waals surface area contributed by atoms with Gasteiger partial charge >= 0.3 is 0 Å². The molecule has 4 aromatic heterocycles. The molecule has 0 bridgehead atoms. The van der Waals surface area contributed by atoms with Crippen molar-refractivity contribution in [2.45, 2.75) is 19.9 Å². The van der Waals surface area contributed by atoms with Gasteiger partial charge in [-0.2, -0.15) is 0 Å². The van der Waals surface area contributed by atoms with Crippen LogP contribution in [-0.2, 0) is 0 Å². The van der Waals surface area contributed by atoms with Crippen LogP contribution in [0.15, 0.2) is 61.3 Å². The van der Waals surface area contributed by atoms with Crippen LogP contribution < -0.4 is 5.32 Å². The van der Waals surface area contributed by atoms with E-state index in [2.05, 4.69) is 25.3 Å². The minimum absolute atomic E-state index is 0.233. The van der Waals surface area contributed by atoms with Crippen LogP contribution in [0.3, 0.4) is 0 Å². The number of hydrogen-bond donors (Lipinski definition) is 1.